The molecule has 112 valence electrons. The van der Waals surface area contributed by atoms with Gasteiger partial charge in [-0.05, 0) is 31.0 Å². The van der Waals surface area contributed by atoms with Crippen molar-refractivity contribution < 1.29 is 9.90 Å². The third-order valence-electron chi connectivity index (χ3n) is 3.47. The summed E-state index contributed by atoms with van der Waals surface area (Å²) in [5.41, 5.74) is 1.29. The van der Waals surface area contributed by atoms with Gasteiger partial charge in [0.25, 0.3) is 5.91 Å². The SMILES string of the molecule is CCC(CC)N(CCO)C(=O)c1cc(Cl)ccc1NC. The van der Waals surface area contributed by atoms with Crippen molar-refractivity contribution in [2.75, 3.05) is 25.5 Å². The van der Waals surface area contributed by atoms with E-state index in [2.05, 4.69) is 5.32 Å². The summed E-state index contributed by atoms with van der Waals surface area (Å²) in [5.74, 6) is -0.0976. The van der Waals surface area contributed by atoms with Gasteiger partial charge in [0, 0.05) is 30.3 Å². The summed E-state index contributed by atoms with van der Waals surface area (Å²) in [6.07, 6.45) is 1.72. The number of nitrogens with zero attached hydrogens (tertiary/aromatic N) is 1. The first-order valence-corrected chi connectivity index (χ1v) is 7.35. The molecule has 1 amide bonds. The molecule has 1 aromatic carbocycles. The lowest BCUT2D eigenvalue weighted by molar-refractivity contribution is 0.0623. The molecule has 0 aromatic heterocycles. The predicted molar refractivity (Wildman–Crippen MR) is 83.5 cm³/mol. The minimum absolute atomic E-state index is 0.0440. The quantitative estimate of drug-likeness (QED) is 0.813. The monoisotopic (exact) mass is 298 g/mol. The Labute approximate surface area is 125 Å². The fourth-order valence-electron chi connectivity index (χ4n) is 2.35. The van der Waals surface area contributed by atoms with Crippen molar-refractivity contribution in [3.05, 3.63) is 28.8 Å². The van der Waals surface area contributed by atoms with Gasteiger partial charge in [0.05, 0.1) is 12.2 Å². The summed E-state index contributed by atoms with van der Waals surface area (Å²) in [6, 6.07) is 5.33. The zero-order chi connectivity index (χ0) is 15.1. The van der Waals surface area contributed by atoms with Crippen LogP contribution < -0.4 is 5.32 Å². The van der Waals surface area contributed by atoms with Crippen molar-refractivity contribution in [2.24, 2.45) is 0 Å². The number of carbonyl (C=O) groups excluding carboxylic acids is 1. The van der Waals surface area contributed by atoms with Crippen LogP contribution in [0.2, 0.25) is 5.02 Å². The minimum Gasteiger partial charge on any atom is -0.395 e. The van der Waals surface area contributed by atoms with Crippen molar-refractivity contribution in [3.63, 3.8) is 0 Å². The third-order valence-corrected chi connectivity index (χ3v) is 3.70. The highest BCUT2D eigenvalue weighted by Gasteiger charge is 2.24. The maximum Gasteiger partial charge on any atom is 0.256 e. The Kier molecular flexibility index (Phi) is 6.82. The molecule has 1 rings (SSSR count). The second kappa shape index (κ2) is 8.12. The van der Waals surface area contributed by atoms with Gasteiger partial charge in [0.15, 0.2) is 0 Å². The van der Waals surface area contributed by atoms with E-state index >= 15 is 0 Å². The molecule has 0 saturated heterocycles. The fourth-order valence-corrected chi connectivity index (χ4v) is 2.53. The molecule has 0 bridgehead atoms. The second-order valence-corrected chi connectivity index (χ2v) is 5.07. The zero-order valence-electron chi connectivity index (χ0n) is 12.3. The lowest BCUT2D eigenvalue weighted by atomic mass is 10.1. The maximum absolute atomic E-state index is 12.7. The summed E-state index contributed by atoms with van der Waals surface area (Å²) >= 11 is 6.00. The zero-order valence-corrected chi connectivity index (χ0v) is 13.1. The Morgan fingerprint density at radius 1 is 1.40 bits per heavy atom. The number of halogens is 1. The minimum atomic E-state index is -0.0976. The maximum atomic E-state index is 12.7. The van der Waals surface area contributed by atoms with Gasteiger partial charge in [0.2, 0.25) is 0 Å². The number of aliphatic hydroxyl groups excluding tert-OH is 1. The second-order valence-electron chi connectivity index (χ2n) is 4.63. The molecule has 2 N–H and O–H groups in total. The van der Waals surface area contributed by atoms with Gasteiger partial charge in [-0.25, -0.2) is 0 Å². The molecule has 0 atom stereocenters. The van der Waals surface area contributed by atoms with Crippen molar-refractivity contribution in [1.29, 1.82) is 0 Å². The molecule has 4 nitrogen and oxygen atoms in total. The van der Waals surface area contributed by atoms with E-state index in [0.717, 1.165) is 18.5 Å². The van der Waals surface area contributed by atoms with Crippen molar-refractivity contribution in [2.45, 2.75) is 32.7 Å². The van der Waals surface area contributed by atoms with Crippen LogP contribution in [0.25, 0.3) is 0 Å². The molecule has 0 radical (unpaired) electrons. The van der Waals surface area contributed by atoms with E-state index in [4.69, 9.17) is 11.6 Å². The van der Waals surface area contributed by atoms with Crippen LogP contribution >= 0.6 is 11.6 Å². The summed E-state index contributed by atoms with van der Waals surface area (Å²) in [7, 11) is 1.77. The first kappa shape index (κ1) is 16.8. The summed E-state index contributed by atoms with van der Waals surface area (Å²) < 4.78 is 0. The summed E-state index contributed by atoms with van der Waals surface area (Å²) in [5, 5.41) is 12.8. The van der Waals surface area contributed by atoms with Gasteiger partial charge in [0.1, 0.15) is 0 Å². The molecule has 0 fully saturated rings. The Bertz CT molecular complexity index is 447. The van der Waals surface area contributed by atoms with Crippen LogP contribution in [-0.4, -0.2) is 42.2 Å². The van der Waals surface area contributed by atoms with Crippen LogP contribution in [0, 0.1) is 0 Å². The molecule has 0 heterocycles. The molecule has 20 heavy (non-hydrogen) atoms. The van der Waals surface area contributed by atoms with E-state index in [1.165, 1.54) is 0 Å². The van der Waals surface area contributed by atoms with E-state index in [1.54, 1.807) is 30.1 Å². The van der Waals surface area contributed by atoms with E-state index in [1.807, 2.05) is 13.8 Å². The standard InChI is InChI=1S/C15H23ClN2O2/c1-4-12(5-2)18(8-9-19)15(20)13-10-11(16)6-7-14(13)17-3/h6-7,10,12,17,19H,4-5,8-9H2,1-3H3. The van der Waals surface area contributed by atoms with Crippen LogP contribution in [0.4, 0.5) is 5.69 Å². The number of nitrogens with one attached hydrogen (secondary N) is 1. The number of benzene rings is 1. The van der Waals surface area contributed by atoms with Crippen LogP contribution in [0.3, 0.4) is 0 Å². The molecule has 0 aliphatic heterocycles. The van der Waals surface area contributed by atoms with E-state index in [0.29, 0.717) is 17.1 Å². The first-order chi connectivity index (χ1) is 9.58. The normalized spacial score (nSPS) is 10.7. The topological polar surface area (TPSA) is 52.6 Å². The van der Waals surface area contributed by atoms with Crippen LogP contribution in [-0.2, 0) is 0 Å². The van der Waals surface area contributed by atoms with E-state index in [-0.39, 0.29) is 18.6 Å². The average molecular weight is 299 g/mol. The van der Waals surface area contributed by atoms with Gasteiger partial charge in [-0.15, -0.1) is 0 Å². The first-order valence-electron chi connectivity index (χ1n) is 6.98. The summed E-state index contributed by atoms with van der Waals surface area (Å²) in [4.78, 5) is 14.5. The smallest absolute Gasteiger partial charge is 0.256 e. The van der Waals surface area contributed by atoms with Crippen LogP contribution in [0.1, 0.15) is 37.0 Å². The molecule has 0 saturated carbocycles. The highest BCUT2D eigenvalue weighted by atomic mass is 35.5. The average Bonchev–Trinajstić information content (AvgIpc) is 2.46. The van der Waals surface area contributed by atoms with Gasteiger partial charge in [-0.1, -0.05) is 25.4 Å². The van der Waals surface area contributed by atoms with Gasteiger partial charge >= 0.3 is 0 Å². The van der Waals surface area contributed by atoms with Gasteiger partial charge in [-0.2, -0.15) is 0 Å². The highest BCUT2D eigenvalue weighted by Crippen LogP contribution is 2.23. The Balaban J connectivity index is 3.14. The molecule has 0 unspecified atom stereocenters. The summed E-state index contributed by atoms with van der Waals surface area (Å²) in [6.45, 7) is 4.38. The number of hydrogen-bond donors (Lipinski definition) is 2. The molecule has 5 heteroatoms. The Morgan fingerprint density at radius 2 is 2.05 bits per heavy atom. The number of aliphatic hydroxyl groups is 1. The molecule has 1 aromatic rings. The number of carbonyl (C=O) groups is 1. The van der Waals surface area contributed by atoms with E-state index in [9.17, 15) is 9.90 Å². The van der Waals surface area contributed by atoms with Crippen molar-refractivity contribution >= 4 is 23.2 Å². The van der Waals surface area contributed by atoms with Crippen LogP contribution in [0.15, 0.2) is 18.2 Å². The van der Waals surface area contributed by atoms with Crippen molar-refractivity contribution in [1.82, 2.24) is 4.90 Å². The Hall–Kier alpha value is -1.26. The van der Waals surface area contributed by atoms with Crippen molar-refractivity contribution in [3.8, 4) is 0 Å². The molecule has 0 spiro atoms. The van der Waals surface area contributed by atoms with Gasteiger partial charge < -0.3 is 15.3 Å². The lowest BCUT2D eigenvalue weighted by Crippen LogP contribution is -2.41. The molecule has 0 aliphatic rings. The number of amides is 1. The highest BCUT2D eigenvalue weighted by molar-refractivity contribution is 6.31. The van der Waals surface area contributed by atoms with Crippen LogP contribution in [0.5, 0.6) is 0 Å². The predicted octanol–water partition coefficient (Wildman–Crippen LogP) is 3.00. The third kappa shape index (κ3) is 3.87. The number of hydrogen-bond acceptors (Lipinski definition) is 3. The fraction of sp³-hybridized carbons (Fsp3) is 0.533. The largest absolute Gasteiger partial charge is 0.395 e. The Morgan fingerprint density at radius 3 is 2.55 bits per heavy atom. The van der Waals surface area contributed by atoms with Gasteiger partial charge in [-0.3, -0.25) is 4.79 Å². The number of anilines is 1. The lowest BCUT2D eigenvalue weighted by Gasteiger charge is -2.30. The number of rotatable bonds is 7. The molecular weight excluding hydrogens is 276 g/mol. The van der Waals surface area contributed by atoms with E-state index < -0.39 is 0 Å². The molecular formula is C15H23ClN2O2. The molecule has 0 aliphatic carbocycles.